The van der Waals surface area contributed by atoms with Crippen molar-refractivity contribution in [2.45, 2.75) is 26.7 Å². The highest BCUT2D eigenvalue weighted by Gasteiger charge is 2.35. The van der Waals surface area contributed by atoms with Crippen LogP contribution in [0.15, 0.2) is 71.8 Å². The maximum absolute atomic E-state index is 15.0. The van der Waals surface area contributed by atoms with E-state index in [1.165, 1.54) is 24.7 Å². The van der Waals surface area contributed by atoms with Gasteiger partial charge < -0.3 is 15.0 Å². The standard InChI is InChI=1S/C26H24FN5O2.C2H6/c1-3-8-28-24-16(2)31-26(33)23(24)20-13-17(4-7-21(20)27)25-19-6-5-18(14-22(19)29-15-30-25)32-9-11-34-12-10-32;1-2/h3-8,13-15,23H,1,9-12H2,2H3,(H,31,33);1-2H3. The first-order chi connectivity index (χ1) is 17.6. The van der Waals surface area contributed by atoms with Gasteiger partial charge in [0, 0.05) is 47.2 Å². The average molecular weight is 488 g/mol. The largest absolute Gasteiger partial charge is 0.378 e. The summed E-state index contributed by atoms with van der Waals surface area (Å²) in [6.45, 7) is 12.4. The molecule has 0 spiro atoms. The van der Waals surface area contributed by atoms with Gasteiger partial charge >= 0.3 is 0 Å². The molecule has 2 aromatic carbocycles. The molecule has 1 N–H and O–H groups in total. The van der Waals surface area contributed by atoms with Crippen molar-refractivity contribution in [1.29, 1.82) is 0 Å². The lowest BCUT2D eigenvalue weighted by Gasteiger charge is -2.29. The molecule has 1 atom stereocenters. The highest BCUT2D eigenvalue weighted by atomic mass is 19.1. The third-order valence-electron chi connectivity index (χ3n) is 6.13. The number of morpholine rings is 1. The SMILES string of the molecule is C=CC=NC1=C(C)NC(=O)C1c1cc(-c2ncnc3cc(N4CCOCC4)ccc23)ccc1F.CC. The average Bonchev–Trinajstić information content (AvgIpc) is 3.20. The van der Waals surface area contributed by atoms with E-state index in [2.05, 4.69) is 31.8 Å². The number of carbonyl (C=O) groups is 1. The lowest BCUT2D eigenvalue weighted by Crippen LogP contribution is -2.36. The number of nitrogens with one attached hydrogen (secondary N) is 1. The molecule has 3 aromatic rings. The lowest BCUT2D eigenvalue weighted by molar-refractivity contribution is -0.120. The Labute approximate surface area is 210 Å². The number of rotatable bonds is 5. The van der Waals surface area contributed by atoms with Gasteiger partial charge in [-0.1, -0.05) is 26.5 Å². The van der Waals surface area contributed by atoms with Crippen LogP contribution in [-0.4, -0.2) is 48.4 Å². The monoisotopic (exact) mass is 487 g/mol. The number of amides is 1. The minimum Gasteiger partial charge on any atom is -0.378 e. The Kier molecular flexibility index (Phi) is 7.85. The van der Waals surface area contributed by atoms with E-state index in [4.69, 9.17) is 4.74 Å². The fraction of sp³-hybridized carbons (Fsp3) is 0.286. The summed E-state index contributed by atoms with van der Waals surface area (Å²) in [6, 6.07) is 10.8. The molecule has 8 heteroatoms. The minimum atomic E-state index is -0.850. The molecule has 1 saturated heterocycles. The lowest BCUT2D eigenvalue weighted by atomic mass is 9.93. The van der Waals surface area contributed by atoms with Gasteiger partial charge in [-0.2, -0.15) is 0 Å². The van der Waals surface area contributed by atoms with Gasteiger partial charge in [-0.05, 0) is 43.3 Å². The number of allylic oxidation sites excluding steroid dienone is 2. The molecule has 2 aliphatic heterocycles. The molecule has 3 heterocycles. The molecule has 7 nitrogen and oxygen atoms in total. The van der Waals surface area contributed by atoms with Crippen LogP contribution in [0.3, 0.4) is 0 Å². The maximum atomic E-state index is 15.0. The van der Waals surface area contributed by atoms with E-state index in [0.29, 0.717) is 35.9 Å². The number of aliphatic imine (C=N–C) groups is 1. The molecule has 1 amide bonds. The van der Waals surface area contributed by atoms with Gasteiger partial charge in [0.05, 0.1) is 30.1 Å². The van der Waals surface area contributed by atoms with Gasteiger partial charge in [0.2, 0.25) is 5.91 Å². The second-order valence-electron chi connectivity index (χ2n) is 8.21. The Morgan fingerprint density at radius 2 is 1.94 bits per heavy atom. The van der Waals surface area contributed by atoms with Crippen LogP contribution in [0, 0.1) is 5.82 Å². The van der Waals surface area contributed by atoms with E-state index in [0.717, 1.165) is 29.7 Å². The van der Waals surface area contributed by atoms with Crippen molar-refractivity contribution in [3.8, 4) is 11.3 Å². The van der Waals surface area contributed by atoms with Crippen molar-refractivity contribution in [3.05, 3.63) is 78.2 Å². The van der Waals surface area contributed by atoms with E-state index >= 15 is 0 Å². The first-order valence-electron chi connectivity index (χ1n) is 12.1. The third kappa shape index (κ3) is 4.90. The number of ether oxygens (including phenoxy) is 1. The third-order valence-corrected chi connectivity index (χ3v) is 6.13. The quantitative estimate of drug-likeness (QED) is 0.513. The van der Waals surface area contributed by atoms with Crippen LogP contribution in [0.1, 0.15) is 32.3 Å². The van der Waals surface area contributed by atoms with Crippen LogP contribution < -0.4 is 10.2 Å². The van der Waals surface area contributed by atoms with Crippen LogP contribution in [-0.2, 0) is 9.53 Å². The molecule has 36 heavy (non-hydrogen) atoms. The summed E-state index contributed by atoms with van der Waals surface area (Å²) in [6.07, 6.45) is 4.53. The van der Waals surface area contributed by atoms with Crippen molar-refractivity contribution in [2.24, 2.45) is 4.99 Å². The Morgan fingerprint density at radius 3 is 2.69 bits per heavy atom. The van der Waals surface area contributed by atoms with Crippen molar-refractivity contribution < 1.29 is 13.9 Å². The van der Waals surface area contributed by atoms with Gasteiger partial charge in [-0.15, -0.1) is 0 Å². The number of hydrogen-bond acceptors (Lipinski definition) is 6. The minimum absolute atomic E-state index is 0.250. The normalized spacial score (nSPS) is 17.8. The number of aromatic nitrogens is 2. The van der Waals surface area contributed by atoms with E-state index in [9.17, 15) is 9.18 Å². The van der Waals surface area contributed by atoms with E-state index < -0.39 is 11.7 Å². The molecule has 2 aliphatic rings. The summed E-state index contributed by atoms with van der Waals surface area (Å²) in [5.41, 5.74) is 4.57. The molecular formula is C28H30FN5O2. The number of nitrogens with zero attached hydrogens (tertiary/aromatic N) is 4. The summed E-state index contributed by atoms with van der Waals surface area (Å²) < 4.78 is 20.4. The predicted octanol–water partition coefficient (Wildman–Crippen LogP) is 5.00. The zero-order valence-electron chi connectivity index (χ0n) is 20.8. The molecule has 0 radical (unpaired) electrons. The number of halogens is 1. The van der Waals surface area contributed by atoms with Crippen LogP contribution in [0.25, 0.3) is 22.2 Å². The van der Waals surface area contributed by atoms with Crippen molar-refractivity contribution in [2.75, 3.05) is 31.2 Å². The molecule has 1 unspecified atom stereocenters. The Bertz CT molecular complexity index is 1350. The molecule has 1 aromatic heterocycles. The number of hydrogen-bond donors (Lipinski definition) is 1. The van der Waals surface area contributed by atoms with E-state index in [1.807, 2.05) is 32.0 Å². The van der Waals surface area contributed by atoms with Crippen LogP contribution in [0.2, 0.25) is 0 Å². The van der Waals surface area contributed by atoms with Gasteiger partial charge in [-0.3, -0.25) is 9.79 Å². The van der Waals surface area contributed by atoms with Crippen molar-refractivity contribution >= 4 is 28.7 Å². The summed E-state index contributed by atoms with van der Waals surface area (Å²) in [7, 11) is 0. The fourth-order valence-electron chi connectivity index (χ4n) is 4.46. The Morgan fingerprint density at radius 1 is 1.17 bits per heavy atom. The first kappa shape index (κ1) is 25.2. The molecular weight excluding hydrogens is 457 g/mol. The smallest absolute Gasteiger partial charge is 0.237 e. The zero-order chi connectivity index (χ0) is 25.7. The van der Waals surface area contributed by atoms with Crippen molar-refractivity contribution in [3.63, 3.8) is 0 Å². The zero-order valence-corrected chi connectivity index (χ0v) is 20.8. The molecule has 186 valence electrons. The Balaban J connectivity index is 0.00000148. The molecule has 1 fully saturated rings. The van der Waals surface area contributed by atoms with Crippen molar-refractivity contribution in [1.82, 2.24) is 15.3 Å². The highest BCUT2D eigenvalue weighted by Crippen LogP contribution is 2.37. The number of benzene rings is 2. The molecule has 0 aliphatic carbocycles. The summed E-state index contributed by atoms with van der Waals surface area (Å²) >= 11 is 0. The van der Waals surface area contributed by atoms with E-state index in [1.54, 1.807) is 19.1 Å². The summed E-state index contributed by atoms with van der Waals surface area (Å²) in [4.78, 5) is 28.3. The fourth-order valence-corrected chi connectivity index (χ4v) is 4.46. The highest BCUT2D eigenvalue weighted by molar-refractivity contribution is 5.95. The second kappa shape index (κ2) is 11.2. The second-order valence-corrected chi connectivity index (χ2v) is 8.21. The van der Waals surface area contributed by atoms with Gasteiger partial charge in [0.15, 0.2) is 0 Å². The van der Waals surface area contributed by atoms with Gasteiger partial charge in [0.25, 0.3) is 0 Å². The topological polar surface area (TPSA) is 79.7 Å². The van der Waals surface area contributed by atoms with Gasteiger partial charge in [0.1, 0.15) is 18.1 Å². The maximum Gasteiger partial charge on any atom is 0.237 e. The summed E-state index contributed by atoms with van der Waals surface area (Å²) in [5, 5.41) is 3.62. The predicted molar refractivity (Wildman–Crippen MR) is 142 cm³/mol. The van der Waals surface area contributed by atoms with E-state index in [-0.39, 0.29) is 11.5 Å². The molecule has 0 bridgehead atoms. The van der Waals surface area contributed by atoms with Gasteiger partial charge in [-0.25, -0.2) is 14.4 Å². The number of carbonyl (C=O) groups excluding carboxylic acids is 1. The Hall–Kier alpha value is -3.91. The van der Waals surface area contributed by atoms with Crippen LogP contribution in [0.4, 0.5) is 10.1 Å². The van der Waals surface area contributed by atoms with Crippen LogP contribution in [0.5, 0.6) is 0 Å². The van der Waals surface area contributed by atoms with Crippen LogP contribution >= 0.6 is 0 Å². The molecule has 0 saturated carbocycles. The molecule has 5 rings (SSSR count). The number of anilines is 1. The summed E-state index contributed by atoms with van der Waals surface area (Å²) in [5.74, 6) is -1.64. The number of fused-ring (bicyclic) bond motifs is 1. The first-order valence-corrected chi connectivity index (χ1v) is 12.1.